The Labute approximate surface area is 105 Å². The summed E-state index contributed by atoms with van der Waals surface area (Å²) in [7, 11) is 0. The average molecular weight is 257 g/mol. The average Bonchev–Trinajstić information content (AvgIpc) is 2.29. The minimum Gasteiger partial charge on any atom is -0.372 e. The Hall–Kier alpha value is -1.49. The lowest BCUT2D eigenvalue weighted by molar-refractivity contribution is -0.120. The first-order valence-corrected chi connectivity index (χ1v) is 5.82. The summed E-state index contributed by atoms with van der Waals surface area (Å²) in [6.07, 6.45) is 0. The molecule has 1 N–H and O–H groups in total. The standard InChI is InChI=1S/C13H17F2NO2/c1-4-18-7-12(17)16-13-10(8(2)3)5-9(14)6-11(13)15/h5-6,8H,4,7H2,1-3H3,(H,16,17). The number of hydrogen-bond acceptors (Lipinski definition) is 2. The molecule has 0 atom stereocenters. The summed E-state index contributed by atoms with van der Waals surface area (Å²) in [6, 6.07) is 1.98. The van der Waals surface area contributed by atoms with Crippen LogP contribution in [0.15, 0.2) is 12.1 Å². The van der Waals surface area contributed by atoms with E-state index in [-0.39, 0.29) is 18.2 Å². The number of carbonyl (C=O) groups is 1. The van der Waals surface area contributed by atoms with Crippen LogP contribution in [0.4, 0.5) is 14.5 Å². The third kappa shape index (κ3) is 3.77. The maximum atomic E-state index is 13.7. The van der Waals surface area contributed by atoms with Crippen LogP contribution in [-0.4, -0.2) is 19.1 Å². The van der Waals surface area contributed by atoms with Crippen LogP contribution >= 0.6 is 0 Å². The zero-order valence-electron chi connectivity index (χ0n) is 10.7. The number of nitrogens with one attached hydrogen (secondary N) is 1. The smallest absolute Gasteiger partial charge is 0.250 e. The van der Waals surface area contributed by atoms with Gasteiger partial charge in [-0.3, -0.25) is 4.79 Å². The van der Waals surface area contributed by atoms with E-state index in [0.29, 0.717) is 12.2 Å². The van der Waals surface area contributed by atoms with E-state index in [4.69, 9.17) is 4.74 Å². The Morgan fingerprint density at radius 1 is 1.39 bits per heavy atom. The summed E-state index contributed by atoms with van der Waals surface area (Å²) < 4.78 is 31.7. The predicted octanol–water partition coefficient (Wildman–Crippen LogP) is 3.06. The molecule has 0 heterocycles. The van der Waals surface area contributed by atoms with Crippen LogP contribution in [0.2, 0.25) is 0 Å². The van der Waals surface area contributed by atoms with Gasteiger partial charge in [-0.15, -0.1) is 0 Å². The quantitative estimate of drug-likeness (QED) is 0.880. The lowest BCUT2D eigenvalue weighted by atomic mass is 10.0. The number of anilines is 1. The Morgan fingerprint density at radius 2 is 2.06 bits per heavy atom. The maximum Gasteiger partial charge on any atom is 0.250 e. The molecule has 0 saturated heterocycles. The molecule has 0 aliphatic carbocycles. The molecule has 0 radical (unpaired) electrons. The highest BCUT2D eigenvalue weighted by atomic mass is 19.1. The van der Waals surface area contributed by atoms with E-state index in [1.165, 1.54) is 6.07 Å². The van der Waals surface area contributed by atoms with Crippen molar-refractivity contribution in [3.8, 4) is 0 Å². The van der Waals surface area contributed by atoms with E-state index in [0.717, 1.165) is 6.07 Å². The monoisotopic (exact) mass is 257 g/mol. The fraction of sp³-hybridized carbons (Fsp3) is 0.462. The third-order valence-corrected chi connectivity index (χ3v) is 2.41. The Morgan fingerprint density at radius 3 is 2.61 bits per heavy atom. The molecule has 5 heteroatoms. The van der Waals surface area contributed by atoms with E-state index in [1.54, 1.807) is 20.8 Å². The van der Waals surface area contributed by atoms with E-state index in [1.807, 2.05) is 0 Å². The second-order valence-corrected chi connectivity index (χ2v) is 4.19. The molecule has 100 valence electrons. The molecule has 0 bridgehead atoms. The van der Waals surface area contributed by atoms with Crippen LogP contribution in [0.5, 0.6) is 0 Å². The van der Waals surface area contributed by atoms with Crippen LogP contribution in [0.1, 0.15) is 32.3 Å². The summed E-state index contributed by atoms with van der Waals surface area (Å²) in [6.45, 7) is 5.60. The fourth-order valence-electron chi connectivity index (χ4n) is 1.55. The van der Waals surface area contributed by atoms with E-state index in [2.05, 4.69) is 5.32 Å². The predicted molar refractivity (Wildman–Crippen MR) is 65.6 cm³/mol. The van der Waals surface area contributed by atoms with Gasteiger partial charge >= 0.3 is 0 Å². The van der Waals surface area contributed by atoms with Gasteiger partial charge in [0.1, 0.15) is 18.2 Å². The van der Waals surface area contributed by atoms with E-state index < -0.39 is 17.5 Å². The van der Waals surface area contributed by atoms with E-state index >= 15 is 0 Å². The van der Waals surface area contributed by atoms with Crippen molar-refractivity contribution in [3.05, 3.63) is 29.3 Å². The molecule has 3 nitrogen and oxygen atoms in total. The second kappa shape index (κ2) is 6.44. The summed E-state index contributed by atoms with van der Waals surface area (Å²) in [5, 5.41) is 2.42. The fourth-order valence-corrected chi connectivity index (χ4v) is 1.55. The number of benzene rings is 1. The van der Waals surface area contributed by atoms with Crippen molar-refractivity contribution in [1.29, 1.82) is 0 Å². The van der Waals surface area contributed by atoms with Gasteiger partial charge < -0.3 is 10.1 Å². The molecule has 0 spiro atoms. The SMILES string of the molecule is CCOCC(=O)Nc1c(F)cc(F)cc1C(C)C. The lowest BCUT2D eigenvalue weighted by Crippen LogP contribution is -2.20. The van der Waals surface area contributed by atoms with Crippen LogP contribution in [-0.2, 0) is 9.53 Å². The molecule has 1 aromatic rings. The van der Waals surface area contributed by atoms with Crippen molar-refractivity contribution in [2.45, 2.75) is 26.7 Å². The number of carbonyl (C=O) groups excluding carboxylic acids is 1. The van der Waals surface area contributed by atoms with Crippen molar-refractivity contribution in [1.82, 2.24) is 0 Å². The summed E-state index contributed by atoms with van der Waals surface area (Å²) in [5.41, 5.74) is 0.452. The van der Waals surface area contributed by atoms with Crippen LogP contribution in [0.25, 0.3) is 0 Å². The first kappa shape index (κ1) is 14.6. The number of amides is 1. The van der Waals surface area contributed by atoms with Crippen molar-refractivity contribution >= 4 is 11.6 Å². The number of hydrogen-bond donors (Lipinski definition) is 1. The minimum absolute atomic E-state index is 0.0242. The molecule has 0 saturated carbocycles. The largest absolute Gasteiger partial charge is 0.372 e. The topological polar surface area (TPSA) is 38.3 Å². The van der Waals surface area contributed by atoms with Crippen molar-refractivity contribution in [3.63, 3.8) is 0 Å². The van der Waals surface area contributed by atoms with Crippen molar-refractivity contribution in [2.75, 3.05) is 18.5 Å². The molecular formula is C13H17F2NO2. The van der Waals surface area contributed by atoms with Crippen molar-refractivity contribution < 1.29 is 18.3 Å². The van der Waals surface area contributed by atoms with Gasteiger partial charge in [-0.05, 0) is 24.5 Å². The van der Waals surface area contributed by atoms with Gasteiger partial charge in [0.25, 0.3) is 0 Å². The number of rotatable bonds is 5. The third-order valence-electron chi connectivity index (χ3n) is 2.41. The molecule has 1 aromatic carbocycles. The molecule has 0 unspecified atom stereocenters. The van der Waals surface area contributed by atoms with Gasteiger partial charge in [0.15, 0.2) is 0 Å². The van der Waals surface area contributed by atoms with Crippen molar-refractivity contribution in [2.24, 2.45) is 0 Å². The molecular weight excluding hydrogens is 240 g/mol. The Kier molecular flexibility index (Phi) is 5.22. The molecule has 18 heavy (non-hydrogen) atoms. The summed E-state index contributed by atoms with van der Waals surface area (Å²) >= 11 is 0. The molecule has 1 amide bonds. The van der Waals surface area contributed by atoms with Gasteiger partial charge in [0, 0.05) is 12.7 Å². The lowest BCUT2D eigenvalue weighted by Gasteiger charge is -2.15. The van der Waals surface area contributed by atoms with Gasteiger partial charge in [0.2, 0.25) is 5.91 Å². The van der Waals surface area contributed by atoms with E-state index in [9.17, 15) is 13.6 Å². The van der Waals surface area contributed by atoms with Crippen LogP contribution in [0, 0.1) is 11.6 Å². The summed E-state index contributed by atoms with van der Waals surface area (Å²) in [4.78, 5) is 11.5. The second-order valence-electron chi connectivity index (χ2n) is 4.19. The van der Waals surface area contributed by atoms with Gasteiger partial charge in [-0.2, -0.15) is 0 Å². The molecule has 0 aromatic heterocycles. The molecule has 0 fully saturated rings. The normalized spacial score (nSPS) is 10.8. The Bertz CT molecular complexity index is 433. The first-order valence-electron chi connectivity index (χ1n) is 5.82. The highest BCUT2D eigenvalue weighted by Gasteiger charge is 2.16. The highest BCUT2D eigenvalue weighted by molar-refractivity contribution is 5.92. The zero-order valence-corrected chi connectivity index (χ0v) is 10.7. The van der Waals surface area contributed by atoms with Crippen LogP contribution < -0.4 is 5.32 Å². The number of ether oxygens (including phenoxy) is 1. The van der Waals surface area contributed by atoms with Crippen LogP contribution in [0.3, 0.4) is 0 Å². The number of halogens is 2. The summed E-state index contributed by atoms with van der Waals surface area (Å²) in [5.74, 6) is -1.98. The minimum atomic E-state index is -0.774. The maximum absolute atomic E-state index is 13.7. The first-order chi connectivity index (χ1) is 8.45. The molecule has 0 aliphatic rings. The Balaban J connectivity index is 2.96. The molecule has 0 aliphatic heterocycles. The van der Waals surface area contributed by atoms with Gasteiger partial charge in [-0.25, -0.2) is 8.78 Å². The molecule has 1 rings (SSSR count). The van der Waals surface area contributed by atoms with Gasteiger partial charge in [-0.1, -0.05) is 13.8 Å². The van der Waals surface area contributed by atoms with Gasteiger partial charge in [0.05, 0.1) is 5.69 Å². The zero-order chi connectivity index (χ0) is 13.7. The highest BCUT2D eigenvalue weighted by Crippen LogP contribution is 2.28.